The van der Waals surface area contributed by atoms with Crippen LogP contribution in [0.1, 0.15) is 43.2 Å². The van der Waals surface area contributed by atoms with E-state index in [4.69, 9.17) is 9.73 Å². The van der Waals surface area contributed by atoms with Crippen LogP contribution in [0, 0.1) is 0 Å². The van der Waals surface area contributed by atoms with Crippen molar-refractivity contribution in [1.82, 2.24) is 20.4 Å². The molecule has 1 unspecified atom stereocenters. The zero-order valence-corrected chi connectivity index (χ0v) is 21.3. The van der Waals surface area contributed by atoms with E-state index in [1.807, 2.05) is 0 Å². The van der Waals surface area contributed by atoms with Crippen LogP contribution in [0.15, 0.2) is 29.3 Å². The first-order valence-corrected chi connectivity index (χ1v) is 11.2. The van der Waals surface area contributed by atoms with Crippen molar-refractivity contribution in [1.29, 1.82) is 0 Å². The molecule has 3 rings (SSSR count). The summed E-state index contributed by atoms with van der Waals surface area (Å²) in [6.45, 7) is 5.78. The van der Waals surface area contributed by atoms with Crippen molar-refractivity contribution in [2.45, 2.75) is 51.3 Å². The van der Waals surface area contributed by atoms with Crippen molar-refractivity contribution in [2.24, 2.45) is 4.99 Å². The number of ether oxygens (including phenoxy) is 1. The SMILES string of the molecule is CN(C)C(=O)CNC(=NCc1ccc(CN2CCCC2)cc1)NCC1CCCCO1.I. The van der Waals surface area contributed by atoms with Gasteiger partial charge in [0.05, 0.1) is 19.2 Å². The summed E-state index contributed by atoms with van der Waals surface area (Å²) in [4.78, 5) is 20.7. The van der Waals surface area contributed by atoms with Crippen LogP contribution >= 0.6 is 24.0 Å². The van der Waals surface area contributed by atoms with Crippen LogP contribution in [0.3, 0.4) is 0 Å². The third kappa shape index (κ3) is 9.33. The van der Waals surface area contributed by atoms with Gasteiger partial charge < -0.3 is 20.3 Å². The maximum atomic E-state index is 12.0. The molecule has 1 aromatic carbocycles. The van der Waals surface area contributed by atoms with Gasteiger partial charge in [0.2, 0.25) is 5.91 Å². The number of hydrogen-bond donors (Lipinski definition) is 2. The quantitative estimate of drug-likeness (QED) is 0.300. The maximum Gasteiger partial charge on any atom is 0.241 e. The number of aliphatic imine (C=N–C) groups is 1. The number of carbonyl (C=O) groups excluding carboxylic acids is 1. The summed E-state index contributed by atoms with van der Waals surface area (Å²) in [5, 5.41) is 6.51. The van der Waals surface area contributed by atoms with Gasteiger partial charge in [0.1, 0.15) is 0 Å². The second-order valence-electron chi connectivity index (χ2n) is 8.48. The minimum atomic E-state index is 0. The van der Waals surface area contributed by atoms with Gasteiger partial charge in [-0.15, -0.1) is 24.0 Å². The lowest BCUT2D eigenvalue weighted by atomic mass is 10.1. The van der Waals surface area contributed by atoms with Crippen LogP contribution in [0.4, 0.5) is 0 Å². The van der Waals surface area contributed by atoms with Crippen molar-refractivity contribution in [3.63, 3.8) is 0 Å². The molecule has 174 valence electrons. The Labute approximate surface area is 204 Å². The number of carbonyl (C=O) groups is 1. The molecule has 0 aliphatic carbocycles. The molecule has 1 aromatic rings. The Balaban J connectivity index is 0.00000341. The van der Waals surface area contributed by atoms with Crippen LogP contribution < -0.4 is 10.6 Å². The Morgan fingerprint density at radius 3 is 2.45 bits per heavy atom. The lowest BCUT2D eigenvalue weighted by Crippen LogP contribution is -2.45. The first-order valence-electron chi connectivity index (χ1n) is 11.2. The van der Waals surface area contributed by atoms with Crippen LogP contribution in [-0.2, 0) is 22.6 Å². The smallest absolute Gasteiger partial charge is 0.241 e. The average Bonchev–Trinajstić information content (AvgIpc) is 3.27. The zero-order valence-electron chi connectivity index (χ0n) is 18.9. The molecule has 2 fully saturated rings. The summed E-state index contributed by atoms with van der Waals surface area (Å²) in [6, 6.07) is 8.72. The number of nitrogens with zero attached hydrogens (tertiary/aromatic N) is 3. The van der Waals surface area contributed by atoms with Gasteiger partial charge in [0.25, 0.3) is 0 Å². The number of likely N-dealkylation sites (N-methyl/N-ethyl adjacent to an activating group) is 1. The third-order valence-corrected chi connectivity index (χ3v) is 5.72. The molecule has 1 amide bonds. The highest BCUT2D eigenvalue weighted by Crippen LogP contribution is 2.14. The summed E-state index contributed by atoms with van der Waals surface area (Å²) in [5.74, 6) is 0.671. The van der Waals surface area contributed by atoms with Crippen LogP contribution in [0.2, 0.25) is 0 Å². The number of halogens is 1. The molecule has 2 heterocycles. The Bertz CT molecular complexity index is 684. The number of nitrogens with one attached hydrogen (secondary N) is 2. The Morgan fingerprint density at radius 1 is 1.10 bits per heavy atom. The molecule has 2 saturated heterocycles. The van der Waals surface area contributed by atoms with Crippen LogP contribution in [-0.4, -0.2) is 74.7 Å². The second-order valence-corrected chi connectivity index (χ2v) is 8.48. The maximum absolute atomic E-state index is 12.0. The second kappa shape index (κ2) is 13.9. The van der Waals surface area contributed by atoms with Crippen LogP contribution in [0.5, 0.6) is 0 Å². The van der Waals surface area contributed by atoms with Gasteiger partial charge in [-0.3, -0.25) is 9.69 Å². The van der Waals surface area contributed by atoms with E-state index in [0.29, 0.717) is 19.0 Å². The number of hydrogen-bond acceptors (Lipinski definition) is 4. The van der Waals surface area contributed by atoms with E-state index < -0.39 is 0 Å². The van der Waals surface area contributed by atoms with Gasteiger partial charge in [-0.05, 0) is 56.3 Å². The standard InChI is InChI=1S/C23H37N5O2.HI/c1-27(2)22(29)17-26-23(25-16-21-7-3-6-14-30-21)24-15-19-8-10-20(11-9-19)18-28-12-4-5-13-28;/h8-11,21H,3-7,12-18H2,1-2H3,(H2,24,25,26);1H. The zero-order chi connectivity index (χ0) is 21.2. The first-order chi connectivity index (χ1) is 14.6. The highest BCUT2D eigenvalue weighted by atomic mass is 127. The van der Waals surface area contributed by atoms with E-state index in [0.717, 1.165) is 31.6 Å². The average molecular weight is 543 g/mol. The minimum Gasteiger partial charge on any atom is -0.376 e. The highest BCUT2D eigenvalue weighted by molar-refractivity contribution is 14.0. The molecule has 0 spiro atoms. The predicted octanol–water partition coefficient (Wildman–Crippen LogP) is 2.59. The molecule has 2 aliphatic heterocycles. The monoisotopic (exact) mass is 543 g/mol. The normalized spacial score (nSPS) is 19.5. The fraction of sp³-hybridized carbons (Fsp3) is 0.652. The Kier molecular flexibility index (Phi) is 11.6. The number of amides is 1. The van der Waals surface area contributed by atoms with Crippen LogP contribution in [0.25, 0.3) is 0 Å². The Morgan fingerprint density at radius 2 is 1.81 bits per heavy atom. The molecular formula is C23H38IN5O2. The lowest BCUT2D eigenvalue weighted by molar-refractivity contribution is -0.127. The predicted molar refractivity (Wildman–Crippen MR) is 136 cm³/mol. The molecule has 7 nitrogen and oxygen atoms in total. The molecule has 0 saturated carbocycles. The minimum absolute atomic E-state index is 0. The molecule has 1 atom stereocenters. The van der Waals surface area contributed by atoms with E-state index in [1.165, 1.54) is 37.9 Å². The molecule has 0 radical (unpaired) electrons. The molecule has 2 N–H and O–H groups in total. The fourth-order valence-electron chi connectivity index (χ4n) is 3.79. The molecule has 0 bridgehead atoms. The summed E-state index contributed by atoms with van der Waals surface area (Å²) in [5.41, 5.74) is 2.52. The Hall–Kier alpha value is -1.39. The van der Waals surface area contributed by atoms with Gasteiger partial charge >= 0.3 is 0 Å². The van der Waals surface area contributed by atoms with E-state index >= 15 is 0 Å². The van der Waals surface area contributed by atoms with E-state index in [2.05, 4.69) is 39.8 Å². The van der Waals surface area contributed by atoms with Crippen molar-refractivity contribution >= 4 is 35.8 Å². The van der Waals surface area contributed by atoms with Crippen molar-refractivity contribution in [2.75, 3.05) is 46.9 Å². The number of guanidine groups is 1. The lowest BCUT2D eigenvalue weighted by Gasteiger charge is -2.24. The van der Waals surface area contributed by atoms with E-state index in [-0.39, 0.29) is 42.5 Å². The van der Waals surface area contributed by atoms with E-state index in [1.54, 1.807) is 19.0 Å². The largest absolute Gasteiger partial charge is 0.376 e. The van der Waals surface area contributed by atoms with Gasteiger partial charge in [-0.1, -0.05) is 24.3 Å². The van der Waals surface area contributed by atoms with Crippen molar-refractivity contribution in [3.05, 3.63) is 35.4 Å². The summed E-state index contributed by atoms with van der Waals surface area (Å²) < 4.78 is 5.80. The summed E-state index contributed by atoms with van der Waals surface area (Å²) in [7, 11) is 3.52. The van der Waals surface area contributed by atoms with Gasteiger partial charge in [-0.2, -0.15) is 0 Å². The van der Waals surface area contributed by atoms with Gasteiger partial charge in [0.15, 0.2) is 5.96 Å². The number of likely N-dealkylation sites (tertiary alicyclic amines) is 1. The van der Waals surface area contributed by atoms with E-state index in [9.17, 15) is 4.79 Å². The number of benzene rings is 1. The molecule has 0 aromatic heterocycles. The van der Waals surface area contributed by atoms with Crippen molar-refractivity contribution < 1.29 is 9.53 Å². The highest BCUT2D eigenvalue weighted by Gasteiger charge is 2.15. The topological polar surface area (TPSA) is 69.2 Å². The molecule has 31 heavy (non-hydrogen) atoms. The molecule has 2 aliphatic rings. The molecule has 8 heteroatoms. The van der Waals surface area contributed by atoms with Crippen molar-refractivity contribution in [3.8, 4) is 0 Å². The summed E-state index contributed by atoms with van der Waals surface area (Å²) in [6.07, 6.45) is 6.25. The van der Waals surface area contributed by atoms with Gasteiger partial charge in [-0.25, -0.2) is 4.99 Å². The molecular weight excluding hydrogens is 505 g/mol. The van der Waals surface area contributed by atoms with Gasteiger partial charge in [0, 0.05) is 33.8 Å². The third-order valence-electron chi connectivity index (χ3n) is 5.72. The first kappa shape index (κ1) is 25.9. The number of rotatable bonds is 8. The summed E-state index contributed by atoms with van der Waals surface area (Å²) >= 11 is 0. The fourth-order valence-corrected chi connectivity index (χ4v) is 3.79.